The van der Waals surface area contributed by atoms with E-state index >= 15 is 0 Å². The Morgan fingerprint density at radius 3 is 2.92 bits per heavy atom. The minimum atomic E-state index is -0.105. The molecule has 0 aliphatic carbocycles. The molecule has 0 spiro atoms. The van der Waals surface area contributed by atoms with Crippen LogP contribution in [0, 0.1) is 6.92 Å². The molecule has 0 aromatic carbocycles. The van der Waals surface area contributed by atoms with Crippen LogP contribution in [-0.2, 0) is 16.0 Å². The summed E-state index contributed by atoms with van der Waals surface area (Å²) in [4.78, 5) is 12.3. The molecule has 0 aliphatic heterocycles. The van der Waals surface area contributed by atoms with Gasteiger partial charge in [-0.2, -0.15) is 0 Å². The number of hydrogen-bond acceptors (Lipinski definition) is 3. The fourth-order valence-corrected chi connectivity index (χ4v) is 1.85. The Kier molecular flexibility index (Phi) is 3.96. The number of aryl methyl sites for hydroxylation is 2. The highest BCUT2D eigenvalue weighted by Crippen LogP contribution is 2.14. The average molecular weight is 198 g/mol. The Morgan fingerprint density at radius 1 is 1.62 bits per heavy atom. The second-order valence-corrected chi connectivity index (χ2v) is 3.99. The molecule has 0 unspecified atom stereocenters. The molecule has 13 heavy (non-hydrogen) atoms. The first kappa shape index (κ1) is 10.3. The van der Waals surface area contributed by atoms with Crippen LogP contribution in [0.3, 0.4) is 0 Å². The molecule has 1 rings (SSSR count). The van der Waals surface area contributed by atoms with Crippen molar-refractivity contribution < 1.29 is 9.53 Å². The van der Waals surface area contributed by atoms with Crippen molar-refractivity contribution in [3.63, 3.8) is 0 Å². The van der Waals surface area contributed by atoms with Crippen molar-refractivity contribution in [3.8, 4) is 0 Å². The standard InChI is InChI=1S/C10H14O2S/c1-3-12-10(11)5-4-9-6-8(2)13-7-9/h6-7H,3-5H2,1-2H3. The minimum Gasteiger partial charge on any atom is -0.466 e. The van der Waals surface area contributed by atoms with Crippen LogP contribution in [-0.4, -0.2) is 12.6 Å². The van der Waals surface area contributed by atoms with Crippen molar-refractivity contribution in [3.05, 3.63) is 21.9 Å². The van der Waals surface area contributed by atoms with Gasteiger partial charge < -0.3 is 4.74 Å². The molecule has 0 fully saturated rings. The summed E-state index contributed by atoms with van der Waals surface area (Å²) in [5, 5.41) is 2.09. The first-order valence-corrected chi connectivity index (χ1v) is 5.30. The number of hydrogen-bond donors (Lipinski definition) is 0. The molecule has 1 heterocycles. The molecule has 0 amide bonds. The Bertz CT molecular complexity index is 278. The van der Waals surface area contributed by atoms with E-state index in [2.05, 4.69) is 18.4 Å². The normalized spacial score (nSPS) is 10.0. The third kappa shape index (κ3) is 3.59. The summed E-state index contributed by atoms with van der Waals surface area (Å²) in [6.07, 6.45) is 1.28. The average Bonchev–Trinajstić information content (AvgIpc) is 2.49. The van der Waals surface area contributed by atoms with Crippen LogP contribution in [0.1, 0.15) is 23.8 Å². The van der Waals surface area contributed by atoms with Crippen LogP contribution in [0.25, 0.3) is 0 Å². The third-order valence-electron chi connectivity index (χ3n) is 1.71. The van der Waals surface area contributed by atoms with Gasteiger partial charge in [0, 0.05) is 11.3 Å². The highest BCUT2D eigenvalue weighted by atomic mass is 32.1. The summed E-state index contributed by atoms with van der Waals surface area (Å²) in [6.45, 7) is 4.37. The van der Waals surface area contributed by atoms with E-state index in [4.69, 9.17) is 4.74 Å². The summed E-state index contributed by atoms with van der Waals surface area (Å²) < 4.78 is 4.83. The predicted molar refractivity (Wildman–Crippen MR) is 54.0 cm³/mol. The maximum Gasteiger partial charge on any atom is 0.306 e. The van der Waals surface area contributed by atoms with E-state index in [0.29, 0.717) is 13.0 Å². The van der Waals surface area contributed by atoms with Gasteiger partial charge in [0.2, 0.25) is 0 Å². The zero-order valence-corrected chi connectivity index (χ0v) is 8.82. The van der Waals surface area contributed by atoms with E-state index in [0.717, 1.165) is 6.42 Å². The highest BCUT2D eigenvalue weighted by Gasteiger charge is 2.03. The zero-order valence-electron chi connectivity index (χ0n) is 8.00. The van der Waals surface area contributed by atoms with E-state index in [1.165, 1.54) is 10.4 Å². The summed E-state index contributed by atoms with van der Waals surface area (Å²) >= 11 is 1.72. The minimum absolute atomic E-state index is 0.105. The lowest BCUT2D eigenvalue weighted by Gasteiger charge is -1.99. The number of carbonyl (C=O) groups is 1. The van der Waals surface area contributed by atoms with Gasteiger partial charge in [-0.05, 0) is 37.3 Å². The summed E-state index contributed by atoms with van der Waals surface area (Å²) in [5.41, 5.74) is 1.23. The first-order chi connectivity index (χ1) is 6.22. The maximum absolute atomic E-state index is 11.0. The van der Waals surface area contributed by atoms with Gasteiger partial charge in [-0.1, -0.05) is 0 Å². The second kappa shape index (κ2) is 5.02. The number of esters is 1. The molecule has 0 saturated heterocycles. The molecule has 1 aromatic heterocycles. The number of thiophene rings is 1. The molecular formula is C10H14O2S. The smallest absolute Gasteiger partial charge is 0.306 e. The van der Waals surface area contributed by atoms with Gasteiger partial charge in [0.1, 0.15) is 0 Å². The maximum atomic E-state index is 11.0. The van der Waals surface area contributed by atoms with Gasteiger partial charge in [-0.3, -0.25) is 4.79 Å². The molecule has 0 atom stereocenters. The van der Waals surface area contributed by atoms with Crippen molar-refractivity contribution in [1.82, 2.24) is 0 Å². The van der Waals surface area contributed by atoms with Crippen LogP contribution >= 0.6 is 11.3 Å². The van der Waals surface area contributed by atoms with E-state index in [1.54, 1.807) is 11.3 Å². The largest absolute Gasteiger partial charge is 0.466 e. The fourth-order valence-electron chi connectivity index (χ4n) is 1.11. The van der Waals surface area contributed by atoms with Crippen LogP contribution in [0.5, 0.6) is 0 Å². The van der Waals surface area contributed by atoms with Gasteiger partial charge in [-0.15, -0.1) is 11.3 Å². The first-order valence-electron chi connectivity index (χ1n) is 4.42. The fraction of sp³-hybridized carbons (Fsp3) is 0.500. The zero-order chi connectivity index (χ0) is 9.68. The summed E-state index contributed by atoms with van der Waals surface area (Å²) in [6, 6.07) is 2.11. The number of rotatable bonds is 4. The predicted octanol–water partition coefficient (Wildman–Crippen LogP) is 2.55. The lowest BCUT2D eigenvalue weighted by molar-refractivity contribution is -0.143. The monoisotopic (exact) mass is 198 g/mol. The molecule has 3 heteroatoms. The molecule has 1 aromatic rings. The Hall–Kier alpha value is -0.830. The van der Waals surface area contributed by atoms with Crippen LogP contribution < -0.4 is 0 Å². The highest BCUT2D eigenvalue weighted by molar-refractivity contribution is 7.10. The molecular weight excluding hydrogens is 184 g/mol. The van der Waals surface area contributed by atoms with E-state index < -0.39 is 0 Å². The second-order valence-electron chi connectivity index (χ2n) is 2.87. The van der Waals surface area contributed by atoms with Crippen molar-refractivity contribution in [2.75, 3.05) is 6.61 Å². The van der Waals surface area contributed by atoms with Crippen LogP contribution in [0.15, 0.2) is 11.4 Å². The van der Waals surface area contributed by atoms with Crippen LogP contribution in [0.2, 0.25) is 0 Å². The lowest BCUT2D eigenvalue weighted by Crippen LogP contribution is -2.04. The van der Waals surface area contributed by atoms with E-state index in [9.17, 15) is 4.79 Å². The SMILES string of the molecule is CCOC(=O)CCc1csc(C)c1. The van der Waals surface area contributed by atoms with Crippen molar-refractivity contribution >= 4 is 17.3 Å². The van der Waals surface area contributed by atoms with Crippen LogP contribution in [0.4, 0.5) is 0 Å². The van der Waals surface area contributed by atoms with Crippen molar-refractivity contribution in [1.29, 1.82) is 0 Å². The van der Waals surface area contributed by atoms with Gasteiger partial charge in [0.25, 0.3) is 0 Å². The lowest BCUT2D eigenvalue weighted by atomic mass is 10.2. The van der Waals surface area contributed by atoms with Gasteiger partial charge in [0.05, 0.1) is 6.61 Å². The Morgan fingerprint density at radius 2 is 2.38 bits per heavy atom. The van der Waals surface area contributed by atoms with Gasteiger partial charge in [0.15, 0.2) is 0 Å². The van der Waals surface area contributed by atoms with Crippen molar-refractivity contribution in [2.24, 2.45) is 0 Å². The molecule has 2 nitrogen and oxygen atoms in total. The summed E-state index contributed by atoms with van der Waals surface area (Å²) in [7, 11) is 0. The molecule has 0 bridgehead atoms. The van der Waals surface area contributed by atoms with Gasteiger partial charge in [-0.25, -0.2) is 0 Å². The van der Waals surface area contributed by atoms with Crippen molar-refractivity contribution in [2.45, 2.75) is 26.7 Å². The van der Waals surface area contributed by atoms with E-state index in [1.807, 2.05) is 6.92 Å². The van der Waals surface area contributed by atoms with Gasteiger partial charge >= 0.3 is 5.97 Å². The molecule has 0 N–H and O–H groups in total. The number of carbonyl (C=O) groups excluding carboxylic acids is 1. The quantitative estimate of drug-likeness (QED) is 0.695. The van der Waals surface area contributed by atoms with E-state index in [-0.39, 0.29) is 5.97 Å². The molecule has 72 valence electrons. The summed E-state index contributed by atoms with van der Waals surface area (Å²) in [5.74, 6) is -0.105. The molecule has 0 radical (unpaired) electrons. The Balaban J connectivity index is 2.30. The third-order valence-corrected chi connectivity index (χ3v) is 2.62. The topological polar surface area (TPSA) is 26.3 Å². The molecule has 0 aliphatic rings. The molecule has 0 saturated carbocycles. The number of ether oxygens (including phenoxy) is 1. The Labute approximate surface area is 82.5 Å².